The van der Waals surface area contributed by atoms with Gasteiger partial charge in [0, 0.05) is 18.5 Å². The van der Waals surface area contributed by atoms with Crippen molar-refractivity contribution >= 4 is 35.0 Å². The van der Waals surface area contributed by atoms with Gasteiger partial charge in [0.25, 0.3) is 11.8 Å². The molecule has 2 N–H and O–H groups in total. The Kier molecular flexibility index (Phi) is 6.81. The second kappa shape index (κ2) is 9.53. The minimum atomic E-state index is -0.937. The van der Waals surface area contributed by atoms with Gasteiger partial charge >= 0.3 is 0 Å². The predicted octanol–water partition coefficient (Wildman–Crippen LogP) is 2.92. The predicted molar refractivity (Wildman–Crippen MR) is 116 cm³/mol. The van der Waals surface area contributed by atoms with Gasteiger partial charge in [0.1, 0.15) is 12.6 Å². The van der Waals surface area contributed by atoms with Gasteiger partial charge in [0.15, 0.2) is 0 Å². The molecule has 1 heterocycles. The number of nitrogens with one attached hydrogen (secondary N) is 2. The van der Waals surface area contributed by atoms with Crippen molar-refractivity contribution in [2.45, 2.75) is 26.3 Å². The summed E-state index contributed by atoms with van der Waals surface area (Å²) in [6.45, 7) is 3.79. The summed E-state index contributed by atoms with van der Waals surface area (Å²) in [6.07, 6.45) is 0.336. The van der Waals surface area contributed by atoms with E-state index in [0.717, 1.165) is 4.90 Å². The molecule has 162 valence electrons. The number of hydrogen-bond donors (Lipinski definition) is 2. The molecule has 31 heavy (non-hydrogen) atoms. The van der Waals surface area contributed by atoms with Gasteiger partial charge in [-0.15, -0.1) is 0 Å². The number of methoxy groups -OCH3 is 1. The van der Waals surface area contributed by atoms with E-state index < -0.39 is 23.8 Å². The first-order valence-corrected chi connectivity index (χ1v) is 9.98. The van der Waals surface area contributed by atoms with E-state index in [2.05, 4.69) is 10.6 Å². The van der Waals surface area contributed by atoms with Crippen LogP contribution >= 0.6 is 0 Å². The lowest BCUT2D eigenvalue weighted by molar-refractivity contribution is -0.120. The minimum Gasteiger partial charge on any atom is -0.375 e. The van der Waals surface area contributed by atoms with E-state index in [1.54, 1.807) is 48.5 Å². The van der Waals surface area contributed by atoms with Crippen LogP contribution in [0.4, 0.5) is 11.4 Å². The van der Waals surface area contributed by atoms with Crippen molar-refractivity contribution in [1.29, 1.82) is 0 Å². The number of anilines is 2. The second-order valence-corrected chi connectivity index (χ2v) is 7.72. The van der Waals surface area contributed by atoms with Gasteiger partial charge in [-0.05, 0) is 48.7 Å². The van der Waals surface area contributed by atoms with Crippen LogP contribution in [0.25, 0.3) is 0 Å². The lowest BCUT2D eigenvalue weighted by Gasteiger charge is -2.26. The summed E-state index contributed by atoms with van der Waals surface area (Å²) in [5, 5.41) is 5.44. The lowest BCUT2D eigenvalue weighted by atomic mass is 10.0. The molecule has 0 spiro atoms. The molecule has 0 fully saturated rings. The zero-order valence-corrected chi connectivity index (χ0v) is 17.7. The topological polar surface area (TPSA) is 105 Å². The molecule has 1 atom stereocenters. The second-order valence-electron chi connectivity index (χ2n) is 7.72. The van der Waals surface area contributed by atoms with Crippen molar-refractivity contribution < 1.29 is 23.9 Å². The smallest absolute Gasteiger partial charge is 0.262 e. The highest BCUT2D eigenvalue weighted by Crippen LogP contribution is 2.27. The summed E-state index contributed by atoms with van der Waals surface area (Å²) in [4.78, 5) is 51.5. The highest BCUT2D eigenvalue weighted by Gasteiger charge is 2.42. The summed E-state index contributed by atoms with van der Waals surface area (Å²) >= 11 is 0. The van der Waals surface area contributed by atoms with Crippen LogP contribution in [0.15, 0.2) is 48.5 Å². The molecular weight excluding hydrogens is 398 g/mol. The summed E-state index contributed by atoms with van der Waals surface area (Å²) in [5.41, 5.74) is 1.66. The molecule has 8 heteroatoms. The van der Waals surface area contributed by atoms with E-state index in [-0.39, 0.29) is 18.4 Å². The minimum absolute atomic E-state index is 0.0599. The van der Waals surface area contributed by atoms with Gasteiger partial charge in [0.05, 0.1) is 11.1 Å². The molecule has 2 aromatic carbocycles. The number of fused-ring (bicyclic) bond motifs is 1. The molecule has 1 unspecified atom stereocenters. The fourth-order valence-corrected chi connectivity index (χ4v) is 3.46. The summed E-state index contributed by atoms with van der Waals surface area (Å²) in [7, 11) is 1.43. The molecule has 0 aliphatic carbocycles. The molecule has 1 aliphatic rings. The van der Waals surface area contributed by atoms with Gasteiger partial charge in [0.2, 0.25) is 11.8 Å². The van der Waals surface area contributed by atoms with E-state index >= 15 is 0 Å². The molecule has 0 aromatic heterocycles. The standard InChI is InChI=1S/C23H25N3O5/c1-14(2)12-19(26-22(29)17-6-4-5-7-18(17)23(26)30)21(28)25-16-10-8-15(9-11-16)24-20(27)13-31-3/h4-11,14,19H,12-13H2,1-3H3,(H,24,27)(H,25,28). The number of benzene rings is 2. The van der Waals surface area contributed by atoms with Crippen molar-refractivity contribution in [3.8, 4) is 0 Å². The maximum absolute atomic E-state index is 13.1. The fourth-order valence-electron chi connectivity index (χ4n) is 3.46. The third kappa shape index (κ3) is 4.97. The van der Waals surface area contributed by atoms with Crippen LogP contribution in [0.5, 0.6) is 0 Å². The van der Waals surface area contributed by atoms with Gasteiger partial charge in [-0.3, -0.25) is 24.1 Å². The molecule has 1 aliphatic heterocycles. The van der Waals surface area contributed by atoms with Crippen LogP contribution in [-0.4, -0.2) is 48.3 Å². The highest BCUT2D eigenvalue weighted by atomic mass is 16.5. The maximum atomic E-state index is 13.1. The van der Waals surface area contributed by atoms with E-state index in [4.69, 9.17) is 4.74 Å². The third-order valence-corrected chi connectivity index (χ3v) is 4.85. The number of carbonyl (C=O) groups excluding carboxylic acids is 4. The zero-order valence-electron chi connectivity index (χ0n) is 17.7. The Bertz CT molecular complexity index is 966. The Morgan fingerprint density at radius 1 is 0.903 bits per heavy atom. The van der Waals surface area contributed by atoms with Crippen LogP contribution in [0.3, 0.4) is 0 Å². The van der Waals surface area contributed by atoms with E-state index in [9.17, 15) is 19.2 Å². The van der Waals surface area contributed by atoms with Gasteiger partial charge < -0.3 is 15.4 Å². The van der Waals surface area contributed by atoms with Crippen LogP contribution in [0.2, 0.25) is 0 Å². The van der Waals surface area contributed by atoms with Crippen molar-refractivity contribution in [1.82, 2.24) is 4.90 Å². The zero-order chi connectivity index (χ0) is 22.5. The molecule has 0 radical (unpaired) electrons. The average molecular weight is 423 g/mol. The molecule has 3 rings (SSSR count). The Morgan fingerprint density at radius 2 is 1.42 bits per heavy atom. The highest BCUT2D eigenvalue weighted by molar-refractivity contribution is 6.23. The first kappa shape index (κ1) is 22.2. The number of imide groups is 1. The number of amides is 4. The average Bonchev–Trinajstić information content (AvgIpc) is 2.98. The van der Waals surface area contributed by atoms with Crippen molar-refractivity contribution in [3.05, 3.63) is 59.7 Å². The number of rotatable bonds is 8. The van der Waals surface area contributed by atoms with Crippen LogP contribution < -0.4 is 10.6 Å². The Hall–Kier alpha value is -3.52. The molecule has 0 saturated heterocycles. The molecule has 0 saturated carbocycles. The van der Waals surface area contributed by atoms with Gasteiger partial charge in [-0.2, -0.15) is 0 Å². The van der Waals surface area contributed by atoms with E-state index in [1.807, 2.05) is 13.8 Å². The number of ether oxygens (including phenoxy) is 1. The molecule has 8 nitrogen and oxygen atoms in total. The first-order valence-electron chi connectivity index (χ1n) is 9.98. The van der Waals surface area contributed by atoms with Gasteiger partial charge in [-0.1, -0.05) is 26.0 Å². The Balaban J connectivity index is 1.76. The molecule has 4 amide bonds. The maximum Gasteiger partial charge on any atom is 0.262 e. The van der Waals surface area contributed by atoms with Crippen LogP contribution in [0.1, 0.15) is 41.0 Å². The third-order valence-electron chi connectivity index (χ3n) is 4.85. The normalized spacial score (nSPS) is 13.9. The van der Waals surface area contributed by atoms with Gasteiger partial charge in [-0.25, -0.2) is 0 Å². The monoisotopic (exact) mass is 423 g/mol. The van der Waals surface area contributed by atoms with E-state index in [1.165, 1.54) is 7.11 Å². The molecular formula is C23H25N3O5. The van der Waals surface area contributed by atoms with Crippen LogP contribution in [0, 0.1) is 5.92 Å². The SMILES string of the molecule is COCC(=O)Nc1ccc(NC(=O)C(CC(C)C)N2C(=O)c3ccccc3C2=O)cc1. The molecule has 2 aromatic rings. The summed E-state index contributed by atoms with van der Waals surface area (Å²) < 4.78 is 4.77. The number of nitrogens with zero attached hydrogens (tertiary/aromatic N) is 1. The van der Waals surface area contributed by atoms with Crippen molar-refractivity contribution in [2.24, 2.45) is 5.92 Å². The summed E-state index contributed by atoms with van der Waals surface area (Å²) in [6, 6.07) is 12.2. The first-order chi connectivity index (χ1) is 14.8. The Labute approximate surface area is 180 Å². The number of hydrogen-bond acceptors (Lipinski definition) is 5. The fraction of sp³-hybridized carbons (Fsp3) is 0.304. The lowest BCUT2D eigenvalue weighted by Crippen LogP contribution is -2.47. The van der Waals surface area contributed by atoms with E-state index in [0.29, 0.717) is 28.9 Å². The number of carbonyl (C=O) groups is 4. The largest absolute Gasteiger partial charge is 0.375 e. The molecule has 0 bridgehead atoms. The Morgan fingerprint density at radius 3 is 1.90 bits per heavy atom. The van der Waals surface area contributed by atoms with Crippen LogP contribution in [-0.2, 0) is 14.3 Å². The van der Waals surface area contributed by atoms with Crippen molar-refractivity contribution in [3.63, 3.8) is 0 Å². The van der Waals surface area contributed by atoms with Crippen molar-refractivity contribution in [2.75, 3.05) is 24.4 Å². The quantitative estimate of drug-likeness (QED) is 0.635. The summed E-state index contributed by atoms with van der Waals surface area (Å²) in [5.74, 6) is -1.57.